The summed E-state index contributed by atoms with van der Waals surface area (Å²) in [5.41, 5.74) is 0. The summed E-state index contributed by atoms with van der Waals surface area (Å²) in [6.07, 6.45) is 3.74. The van der Waals surface area contributed by atoms with Crippen molar-refractivity contribution < 1.29 is 9.53 Å². The smallest absolute Gasteiger partial charge is 0.226 e. The van der Waals surface area contributed by atoms with Crippen LogP contribution in [0.1, 0.15) is 25.7 Å². The zero-order valence-corrected chi connectivity index (χ0v) is 14.7. The maximum absolute atomic E-state index is 12.5. The van der Waals surface area contributed by atoms with E-state index in [0.717, 1.165) is 42.6 Å². The molecule has 1 aromatic rings. The monoisotopic (exact) mass is 386 g/mol. The summed E-state index contributed by atoms with van der Waals surface area (Å²) in [5.74, 6) is 0.930. The minimum absolute atomic E-state index is 0.210. The summed E-state index contributed by atoms with van der Waals surface area (Å²) in [7, 11) is 0. The number of carbonyl (C=O) groups excluding carboxylic acids is 1. The molecule has 0 aromatic heterocycles. The predicted octanol–water partition coefficient (Wildman–Crippen LogP) is 3.22. The van der Waals surface area contributed by atoms with Crippen LogP contribution < -0.4 is 10.1 Å². The molecule has 0 saturated carbocycles. The molecule has 22 heavy (non-hydrogen) atoms. The largest absolute Gasteiger partial charge is 0.492 e. The Hall–Kier alpha value is -0.780. The van der Waals surface area contributed by atoms with Crippen molar-refractivity contribution in [2.75, 3.05) is 19.7 Å². The highest BCUT2D eigenvalue weighted by atomic mass is 79.9. The van der Waals surface area contributed by atoms with E-state index in [-0.39, 0.29) is 5.91 Å². The number of ether oxygens (including phenoxy) is 1. The lowest BCUT2D eigenvalue weighted by Crippen LogP contribution is -2.42. The van der Waals surface area contributed by atoms with E-state index in [2.05, 4.69) is 26.1 Å². The van der Waals surface area contributed by atoms with Crippen molar-refractivity contribution >= 4 is 33.4 Å². The van der Waals surface area contributed by atoms with Crippen molar-refractivity contribution in [2.24, 2.45) is 0 Å². The Balaban J connectivity index is 1.54. The zero-order chi connectivity index (χ0) is 15.5. The number of nitrogens with zero attached hydrogens (tertiary/aromatic N) is 1. The van der Waals surface area contributed by atoms with Crippen molar-refractivity contribution in [2.45, 2.75) is 37.8 Å². The van der Waals surface area contributed by atoms with E-state index in [1.165, 1.54) is 0 Å². The lowest BCUT2D eigenvalue weighted by Gasteiger charge is -2.28. The molecule has 0 radical (unpaired) electrons. The van der Waals surface area contributed by atoms with Gasteiger partial charge < -0.3 is 15.0 Å². The Morgan fingerprint density at radius 2 is 2.18 bits per heavy atom. The number of carbonyl (C=O) groups is 1. The first-order chi connectivity index (χ1) is 10.6. The number of nitrogens with one attached hydrogen (secondary N) is 1. The average molecular weight is 388 g/mol. The first-order valence-corrected chi connectivity index (χ1v) is 8.92. The molecule has 2 aliphatic rings. The molecule has 1 aromatic carbocycles. The van der Waals surface area contributed by atoms with Gasteiger partial charge in [-0.25, -0.2) is 0 Å². The fourth-order valence-electron chi connectivity index (χ4n) is 3.36. The van der Waals surface area contributed by atoms with Crippen molar-refractivity contribution in [3.05, 3.63) is 27.7 Å². The molecule has 3 rings (SSSR count). The third kappa shape index (κ3) is 3.58. The summed E-state index contributed by atoms with van der Waals surface area (Å²) >= 11 is 9.32. The summed E-state index contributed by atoms with van der Waals surface area (Å²) < 4.78 is 6.52. The summed E-state index contributed by atoms with van der Waals surface area (Å²) in [4.78, 5) is 14.6. The van der Waals surface area contributed by atoms with Crippen LogP contribution in [0, 0.1) is 0 Å². The van der Waals surface area contributed by atoms with E-state index in [1.54, 1.807) is 12.1 Å². The molecular formula is C16H20BrClN2O2. The lowest BCUT2D eigenvalue weighted by molar-refractivity contribution is -0.134. The first kappa shape index (κ1) is 16.1. The van der Waals surface area contributed by atoms with Gasteiger partial charge in [-0.3, -0.25) is 4.79 Å². The molecule has 2 unspecified atom stereocenters. The van der Waals surface area contributed by atoms with E-state index < -0.39 is 0 Å². The second-order valence-electron chi connectivity index (χ2n) is 5.85. The minimum Gasteiger partial charge on any atom is -0.492 e. The average Bonchev–Trinajstić information content (AvgIpc) is 2.74. The number of halogens is 2. The highest BCUT2D eigenvalue weighted by Crippen LogP contribution is 2.30. The fourth-order valence-corrected chi connectivity index (χ4v) is 4.16. The predicted molar refractivity (Wildman–Crippen MR) is 90.4 cm³/mol. The highest BCUT2D eigenvalue weighted by Gasteiger charge is 2.37. The van der Waals surface area contributed by atoms with Crippen LogP contribution in [0.3, 0.4) is 0 Å². The van der Waals surface area contributed by atoms with Crippen LogP contribution in [0.25, 0.3) is 0 Å². The molecule has 2 aliphatic heterocycles. The molecular weight excluding hydrogens is 368 g/mol. The van der Waals surface area contributed by atoms with Gasteiger partial charge in [0.2, 0.25) is 5.91 Å². The zero-order valence-electron chi connectivity index (χ0n) is 12.4. The summed E-state index contributed by atoms with van der Waals surface area (Å²) in [6.45, 7) is 2.33. The quantitative estimate of drug-likeness (QED) is 0.862. The van der Waals surface area contributed by atoms with E-state index in [1.807, 2.05) is 6.07 Å². The van der Waals surface area contributed by atoms with Crippen LogP contribution in [0.4, 0.5) is 0 Å². The molecule has 2 atom stereocenters. The number of benzene rings is 1. The van der Waals surface area contributed by atoms with Crippen LogP contribution in [0.15, 0.2) is 22.7 Å². The van der Waals surface area contributed by atoms with Crippen molar-refractivity contribution in [3.8, 4) is 5.75 Å². The molecule has 120 valence electrons. The molecule has 1 amide bonds. The second kappa shape index (κ2) is 7.20. The third-order valence-corrected chi connectivity index (χ3v) is 5.26. The van der Waals surface area contributed by atoms with E-state index >= 15 is 0 Å². The standard InChI is InChI=1S/C16H20BrClN2O2/c17-14-9-11(18)1-4-15(14)22-8-6-16(21)20-12-2-3-13(20)10-19-7-5-12/h1,4,9,12-13,19H,2-3,5-8,10H2. The fraction of sp³-hybridized carbons (Fsp3) is 0.562. The molecule has 2 bridgehead atoms. The van der Waals surface area contributed by atoms with Gasteiger partial charge in [0.25, 0.3) is 0 Å². The normalized spacial score (nSPS) is 24.2. The van der Waals surface area contributed by atoms with Gasteiger partial charge >= 0.3 is 0 Å². The molecule has 2 heterocycles. The van der Waals surface area contributed by atoms with E-state index in [4.69, 9.17) is 16.3 Å². The third-order valence-electron chi connectivity index (χ3n) is 4.41. The summed E-state index contributed by atoms with van der Waals surface area (Å²) in [6, 6.07) is 6.16. The van der Waals surface area contributed by atoms with Gasteiger partial charge in [-0.1, -0.05) is 11.6 Å². The maximum Gasteiger partial charge on any atom is 0.226 e. The van der Waals surface area contributed by atoms with Crippen LogP contribution in [-0.4, -0.2) is 42.6 Å². The number of fused-ring (bicyclic) bond motifs is 2. The van der Waals surface area contributed by atoms with Gasteiger partial charge in [0.1, 0.15) is 5.75 Å². The van der Waals surface area contributed by atoms with Crippen LogP contribution in [-0.2, 0) is 4.79 Å². The molecule has 0 aliphatic carbocycles. The Morgan fingerprint density at radius 1 is 1.36 bits per heavy atom. The number of amides is 1. The topological polar surface area (TPSA) is 41.6 Å². The van der Waals surface area contributed by atoms with Gasteiger partial charge in [-0.15, -0.1) is 0 Å². The van der Waals surface area contributed by atoms with Gasteiger partial charge in [-0.2, -0.15) is 0 Å². The van der Waals surface area contributed by atoms with E-state index in [9.17, 15) is 4.79 Å². The lowest BCUT2D eigenvalue weighted by atomic mass is 10.1. The summed E-state index contributed by atoms with van der Waals surface area (Å²) in [5, 5.41) is 4.07. The van der Waals surface area contributed by atoms with Gasteiger partial charge in [0, 0.05) is 23.7 Å². The molecule has 2 fully saturated rings. The molecule has 4 nitrogen and oxygen atoms in total. The van der Waals surface area contributed by atoms with Gasteiger partial charge in [0.05, 0.1) is 17.5 Å². The Kier molecular flexibility index (Phi) is 5.26. The first-order valence-electron chi connectivity index (χ1n) is 7.75. The number of rotatable bonds is 4. The van der Waals surface area contributed by atoms with Gasteiger partial charge in [-0.05, 0) is 59.9 Å². The van der Waals surface area contributed by atoms with Gasteiger partial charge in [0.15, 0.2) is 0 Å². The molecule has 6 heteroatoms. The highest BCUT2D eigenvalue weighted by molar-refractivity contribution is 9.10. The van der Waals surface area contributed by atoms with Crippen molar-refractivity contribution in [3.63, 3.8) is 0 Å². The van der Waals surface area contributed by atoms with Crippen LogP contribution >= 0.6 is 27.5 Å². The number of hydrogen-bond acceptors (Lipinski definition) is 3. The van der Waals surface area contributed by atoms with Crippen LogP contribution in [0.5, 0.6) is 5.75 Å². The second-order valence-corrected chi connectivity index (χ2v) is 7.14. The van der Waals surface area contributed by atoms with Crippen molar-refractivity contribution in [1.29, 1.82) is 0 Å². The maximum atomic E-state index is 12.5. The molecule has 1 N–H and O–H groups in total. The molecule has 2 saturated heterocycles. The molecule has 0 spiro atoms. The number of hydrogen-bond donors (Lipinski definition) is 1. The van der Waals surface area contributed by atoms with E-state index in [0.29, 0.717) is 30.1 Å². The van der Waals surface area contributed by atoms with Crippen LogP contribution in [0.2, 0.25) is 5.02 Å². The Bertz CT molecular complexity index is 541. The Morgan fingerprint density at radius 3 is 3.00 bits per heavy atom. The SMILES string of the molecule is O=C(CCOc1ccc(Cl)cc1Br)N1C2CCNCC1CC2. The van der Waals surface area contributed by atoms with Crippen molar-refractivity contribution in [1.82, 2.24) is 10.2 Å². The Labute approximate surface area is 144 Å². The minimum atomic E-state index is 0.210.